The van der Waals surface area contributed by atoms with Gasteiger partial charge in [0, 0.05) is 24.1 Å². The average molecular weight is 456 g/mol. The van der Waals surface area contributed by atoms with Crippen molar-refractivity contribution in [3.63, 3.8) is 0 Å². The van der Waals surface area contributed by atoms with E-state index in [-0.39, 0.29) is 35.9 Å². The molecule has 3 aromatic carbocycles. The summed E-state index contributed by atoms with van der Waals surface area (Å²) in [7, 11) is -3.73. The van der Waals surface area contributed by atoms with E-state index in [1.54, 1.807) is 54.6 Å². The molecule has 0 heterocycles. The van der Waals surface area contributed by atoms with Crippen molar-refractivity contribution in [1.82, 2.24) is 4.72 Å². The van der Waals surface area contributed by atoms with Gasteiger partial charge in [0.15, 0.2) is 5.78 Å². The number of Topliss-reactive ketones (excluding diaryl/α,β-unsaturated/α-hetero) is 1. The van der Waals surface area contributed by atoms with Gasteiger partial charge in [0.25, 0.3) is 0 Å². The van der Waals surface area contributed by atoms with E-state index in [9.17, 15) is 22.4 Å². The van der Waals surface area contributed by atoms with E-state index in [0.717, 1.165) is 5.56 Å². The molecule has 0 spiro atoms. The van der Waals surface area contributed by atoms with Crippen LogP contribution in [0.2, 0.25) is 0 Å². The van der Waals surface area contributed by atoms with Crippen molar-refractivity contribution in [2.45, 2.75) is 24.2 Å². The zero-order valence-corrected chi connectivity index (χ0v) is 17.9. The summed E-state index contributed by atoms with van der Waals surface area (Å²) < 4.78 is 41.5. The van der Waals surface area contributed by atoms with Crippen molar-refractivity contribution in [3.05, 3.63) is 89.7 Å². The number of halogens is 1. The Balaban J connectivity index is 1.57. The first-order valence-electron chi connectivity index (χ1n) is 9.95. The van der Waals surface area contributed by atoms with Gasteiger partial charge in [-0.05, 0) is 35.7 Å². The van der Waals surface area contributed by atoms with Gasteiger partial charge in [0.1, 0.15) is 5.82 Å². The minimum Gasteiger partial charge on any atom is -0.481 e. The third-order valence-corrected chi connectivity index (χ3v) is 6.37. The summed E-state index contributed by atoms with van der Waals surface area (Å²) in [5.74, 6) is -1.65. The van der Waals surface area contributed by atoms with Crippen molar-refractivity contribution in [2.75, 3.05) is 6.54 Å². The molecule has 32 heavy (non-hydrogen) atoms. The lowest BCUT2D eigenvalue weighted by Gasteiger charge is -2.09. The van der Waals surface area contributed by atoms with Crippen LogP contribution in [0.5, 0.6) is 0 Å². The molecule has 3 aromatic rings. The van der Waals surface area contributed by atoms with Gasteiger partial charge < -0.3 is 5.11 Å². The van der Waals surface area contributed by atoms with E-state index in [1.807, 2.05) is 0 Å². The number of hydrogen-bond acceptors (Lipinski definition) is 4. The molecule has 0 fully saturated rings. The number of carboxylic acids is 1. The third-order valence-electron chi connectivity index (χ3n) is 4.90. The second-order valence-electron chi connectivity index (χ2n) is 7.17. The summed E-state index contributed by atoms with van der Waals surface area (Å²) in [5.41, 5.74) is 2.23. The zero-order valence-electron chi connectivity index (χ0n) is 17.1. The maximum absolute atomic E-state index is 13.9. The van der Waals surface area contributed by atoms with Crippen LogP contribution >= 0.6 is 0 Å². The first-order valence-corrected chi connectivity index (χ1v) is 11.4. The Labute approximate surface area is 185 Å². The highest BCUT2D eigenvalue weighted by molar-refractivity contribution is 7.89. The topological polar surface area (TPSA) is 101 Å². The second-order valence-corrected chi connectivity index (χ2v) is 8.93. The standard InChI is InChI=1S/C24H22FNO5S/c25-22-4-2-1-3-21(22)18-9-11-20(12-10-18)32(30,31)26-16-15-17-5-7-19(8-6-17)23(27)13-14-24(28)29/h1-12,26H,13-16H2,(H,28,29). The Morgan fingerprint density at radius 3 is 2.16 bits per heavy atom. The lowest BCUT2D eigenvalue weighted by molar-refractivity contribution is -0.136. The fourth-order valence-electron chi connectivity index (χ4n) is 3.14. The normalized spacial score (nSPS) is 11.3. The maximum Gasteiger partial charge on any atom is 0.303 e. The molecule has 0 aliphatic rings. The van der Waals surface area contributed by atoms with E-state index in [4.69, 9.17) is 5.11 Å². The average Bonchev–Trinajstić information content (AvgIpc) is 2.78. The maximum atomic E-state index is 13.9. The van der Waals surface area contributed by atoms with E-state index < -0.39 is 16.0 Å². The quantitative estimate of drug-likeness (QED) is 0.449. The molecule has 2 N–H and O–H groups in total. The third kappa shape index (κ3) is 6.09. The molecule has 0 radical (unpaired) electrons. The molecular formula is C24H22FNO5S. The summed E-state index contributed by atoms with van der Waals surface area (Å²) in [6.07, 6.45) is 0.129. The van der Waals surface area contributed by atoms with Gasteiger partial charge in [-0.15, -0.1) is 0 Å². The number of carbonyl (C=O) groups is 2. The molecule has 8 heteroatoms. The van der Waals surface area contributed by atoms with Crippen LogP contribution in [0.25, 0.3) is 11.1 Å². The van der Waals surface area contributed by atoms with E-state index in [0.29, 0.717) is 23.1 Å². The lowest BCUT2D eigenvalue weighted by Crippen LogP contribution is -2.26. The van der Waals surface area contributed by atoms with Crippen molar-refractivity contribution in [1.29, 1.82) is 0 Å². The Hall–Kier alpha value is -3.36. The van der Waals surface area contributed by atoms with Crippen LogP contribution in [0.15, 0.2) is 77.7 Å². The number of carboxylic acid groups (broad SMARTS) is 1. The van der Waals surface area contributed by atoms with Crippen LogP contribution in [0.1, 0.15) is 28.8 Å². The van der Waals surface area contributed by atoms with Crippen molar-refractivity contribution in [2.24, 2.45) is 0 Å². The summed E-state index contributed by atoms with van der Waals surface area (Å²) >= 11 is 0. The first-order chi connectivity index (χ1) is 15.3. The zero-order chi connectivity index (χ0) is 23.1. The van der Waals surface area contributed by atoms with Crippen LogP contribution < -0.4 is 4.72 Å². The number of aliphatic carboxylic acids is 1. The van der Waals surface area contributed by atoms with Crippen molar-refractivity contribution in [3.8, 4) is 11.1 Å². The van der Waals surface area contributed by atoms with Crippen molar-refractivity contribution >= 4 is 21.8 Å². The van der Waals surface area contributed by atoms with Gasteiger partial charge in [-0.25, -0.2) is 17.5 Å². The number of carbonyl (C=O) groups excluding carboxylic acids is 1. The summed E-state index contributed by atoms with van der Waals surface area (Å²) in [6, 6.07) is 18.9. The number of hydrogen-bond donors (Lipinski definition) is 2. The molecule has 166 valence electrons. The van der Waals surface area contributed by atoms with Crippen LogP contribution in [-0.4, -0.2) is 31.8 Å². The number of ketones is 1. The molecule has 0 saturated heterocycles. The fraction of sp³-hybridized carbons (Fsp3) is 0.167. The molecule has 0 unspecified atom stereocenters. The molecular weight excluding hydrogens is 433 g/mol. The predicted octanol–water partition coefficient (Wildman–Crippen LogP) is 4.06. The molecule has 0 aliphatic carbocycles. The van der Waals surface area contributed by atoms with Gasteiger partial charge in [-0.3, -0.25) is 9.59 Å². The smallest absolute Gasteiger partial charge is 0.303 e. The molecule has 6 nitrogen and oxygen atoms in total. The molecule has 0 bridgehead atoms. The summed E-state index contributed by atoms with van der Waals surface area (Å²) in [4.78, 5) is 22.6. The van der Waals surface area contributed by atoms with Gasteiger partial charge in [0.2, 0.25) is 10.0 Å². The molecule has 0 atom stereocenters. The Morgan fingerprint density at radius 2 is 1.53 bits per heavy atom. The van der Waals surface area contributed by atoms with Gasteiger partial charge >= 0.3 is 5.97 Å². The molecule has 0 aliphatic heterocycles. The van der Waals surface area contributed by atoms with Crippen LogP contribution in [0.3, 0.4) is 0 Å². The minimum atomic E-state index is -3.73. The number of nitrogens with one attached hydrogen (secondary N) is 1. The van der Waals surface area contributed by atoms with E-state index in [2.05, 4.69) is 4.72 Å². The summed E-state index contributed by atoms with van der Waals surface area (Å²) in [6.45, 7) is 0.156. The highest BCUT2D eigenvalue weighted by Gasteiger charge is 2.14. The second kappa shape index (κ2) is 10.3. The monoisotopic (exact) mass is 455 g/mol. The minimum absolute atomic E-state index is 0.0653. The van der Waals surface area contributed by atoms with E-state index >= 15 is 0 Å². The van der Waals surface area contributed by atoms with Gasteiger partial charge in [-0.1, -0.05) is 54.6 Å². The van der Waals surface area contributed by atoms with E-state index in [1.165, 1.54) is 18.2 Å². The highest BCUT2D eigenvalue weighted by atomic mass is 32.2. The van der Waals surface area contributed by atoms with Gasteiger partial charge in [-0.2, -0.15) is 0 Å². The number of benzene rings is 3. The molecule has 0 saturated carbocycles. The highest BCUT2D eigenvalue weighted by Crippen LogP contribution is 2.23. The number of sulfonamides is 1. The van der Waals surface area contributed by atoms with Crippen molar-refractivity contribution < 1.29 is 27.5 Å². The fourth-order valence-corrected chi connectivity index (χ4v) is 4.18. The first kappa shape index (κ1) is 23.3. The molecule has 0 aromatic heterocycles. The number of rotatable bonds is 10. The SMILES string of the molecule is O=C(O)CCC(=O)c1ccc(CCNS(=O)(=O)c2ccc(-c3ccccc3F)cc2)cc1. The Kier molecular flexibility index (Phi) is 7.50. The Bertz CT molecular complexity index is 1210. The predicted molar refractivity (Wildman–Crippen MR) is 118 cm³/mol. The summed E-state index contributed by atoms with van der Waals surface area (Å²) in [5, 5.41) is 8.65. The largest absolute Gasteiger partial charge is 0.481 e. The molecule has 0 amide bonds. The molecule has 3 rings (SSSR count). The Morgan fingerprint density at radius 1 is 0.875 bits per heavy atom. The lowest BCUT2D eigenvalue weighted by atomic mass is 10.0. The van der Waals surface area contributed by atoms with Crippen LogP contribution in [0, 0.1) is 5.82 Å². The van der Waals surface area contributed by atoms with Crippen LogP contribution in [0.4, 0.5) is 4.39 Å². The van der Waals surface area contributed by atoms with Crippen LogP contribution in [-0.2, 0) is 21.2 Å². The van der Waals surface area contributed by atoms with Gasteiger partial charge in [0.05, 0.1) is 11.3 Å².